The van der Waals surface area contributed by atoms with Crippen LogP contribution < -0.4 is 0 Å². The number of carbonyl (C=O) groups is 1. The number of hydrogen-bond acceptors (Lipinski definition) is 1. The zero-order valence-corrected chi connectivity index (χ0v) is 10.5. The van der Waals surface area contributed by atoms with E-state index < -0.39 is 0 Å². The molecule has 1 aromatic rings. The highest BCUT2D eigenvalue weighted by atomic mass is 16.1. The highest BCUT2D eigenvalue weighted by molar-refractivity contribution is 5.78. The first-order valence-electron chi connectivity index (χ1n) is 6.94. The Morgan fingerprint density at radius 2 is 2.06 bits per heavy atom. The Hall–Kier alpha value is -1.05. The number of unbranched alkanes of at least 4 members (excludes halogenated alkanes) is 1. The van der Waals surface area contributed by atoms with Crippen LogP contribution in [0.15, 0.2) is 18.3 Å². The van der Waals surface area contributed by atoms with E-state index in [9.17, 15) is 4.79 Å². The lowest BCUT2D eigenvalue weighted by atomic mass is 9.85. The molecule has 0 aliphatic heterocycles. The Bertz CT molecular complexity index is 323. The Kier molecular flexibility index (Phi) is 4.84. The molecule has 0 unspecified atom stereocenters. The lowest BCUT2D eigenvalue weighted by molar-refractivity contribution is 0.0897. The van der Waals surface area contributed by atoms with Crippen molar-refractivity contribution >= 4 is 5.91 Å². The number of carbonyl (C=O) groups excluding carboxylic acids is 1. The molecule has 0 saturated heterocycles. The topological polar surface area (TPSA) is 22.0 Å². The molecule has 1 saturated carbocycles. The maximum Gasteiger partial charge on any atom is 0.231 e. The van der Waals surface area contributed by atoms with Gasteiger partial charge < -0.3 is 0 Å². The summed E-state index contributed by atoms with van der Waals surface area (Å²) in [5.41, 5.74) is 0. The van der Waals surface area contributed by atoms with Crippen LogP contribution in [-0.2, 0) is 0 Å². The predicted molar refractivity (Wildman–Crippen MR) is 68.9 cm³/mol. The summed E-state index contributed by atoms with van der Waals surface area (Å²) in [5, 5.41) is 0. The summed E-state index contributed by atoms with van der Waals surface area (Å²) in [6, 6.07) is 3.62. The second kappa shape index (κ2) is 6.63. The monoisotopic (exact) mass is 232 g/mol. The summed E-state index contributed by atoms with van der Waals surface area (Å²) < 4.78 is 1.57. The molecule has 0 amide bonds. The van der Waals surface area contributed by atoms with E-state index in [2.05, 4.69) is 6.20 Å². The van der Waals surface area contributed by atoms with Gasteiger partial charge in [0.1, 0.15) is 0 Å². The molecular formula is C15H22NO. The first-order chi connectivity index (χ1) is 8.36. The van der Waals surface area contributed by atoms with Crippen molar-refractivity contribution in [3.8, 4) is 0 Å². The maximum absolute atomic E-state index is 11.7. The molecule has 93 valence electrons. The Labute approximate surface area is 104 Å². The molecule has 0 N–H and O–H groups in total. The second-order valence-corrected chi connectivity index (χ2v) is 5.15. The van der Waals surface area contributed by atoms with Gasteiger partial charge in [-0.25, -0.2) is 0 Å². The van der Waals surface area contributed by atoms with E-state index in [-0.39, 0.29) is 5.91 Å². The van der Waals surface area contributed by atoms with E-state index in [0.29, 0.717) is 6.42 Å². The van der Waals surface area contributed by atoms with E-state index >= 15 is 0 Å². The minimum atomic E-state index is 0.179. The lowest BCUT2D eigenvalue weighted by Gasteiger charge is -2.21. The fourth-order valence-electron chi connectivity index (χ4n) is 2.76. The van der Waals surface area contributed by atoms with Crippen LogP contribution in [0.5, 0.6) is 0 Å². The van der Waals surface area contributed by atoms with Gasteiger partial charge in [-0.15, -0.1) is 0 Å². The molecule has 1 aliphatic rings. The van der Waals surface area contributed by atoms with Gasteiger partial charge in [0.05, 0.1) is 6.20 Å². The number of aromatic nitrogens is 1. The highest BCUT2D eigenvalue weighted by Gasteiger charge is 2.13. The summed E-state index contributed by atoms with van der Waals surface area (Å²) in [6.07, 6.45) is 16.0. The molecule has 1 heterocycles. The summed E-state index contributed by atoms with van der Waals surface area (Å²) in [7, 11) is 0. The van der Waals surface area contributed by atoms with Gasteiger partial charge in [0.25, 0.3) is 0 Å². The minimum Gasteiger partial charge on any atom is -0.286 e. The van der Waals surface area contributed by atoms with Crippen molar-refractivity contribution in [1.29, 1.82) is 0 Å². The van der Waals surface area contributed by atoms with Crippen molar-refractivity contribution in [2.24, 2.45) is 5.92 Å². The van der Waals surface area contributed by atoms with Gasteiger partial charge >= 0.3 is 0 Å². The van der Waals surface area contributed by atoms with Crippen LogP contribution in [0.4, 0.5) is 0 Å². The molecule has 0 bridgehead atoms. The predicted octanol–water partition coefficient (Wildman–Crippen LogP) is 4.07. The number of rotatable bonds is 5. The van der Waals surface area contributed by atoms with Crippen molar-refractivity contribution in [2.75, 3.05) is 0 Å². The summed E-state index contributed by atoms with van der Waals surface area (Å²) >= 11 is 0. The zero-order chi connectivity index (χ0) is 11.9. The summed E-state index contributed by atoms with van der Waals surface area (Å²) in [5.74, 6) is 1.12. The van der Waals surface area contributed by atoms with Gasteiger partial charge in [-0.3, -0.25) is 9.36 Å². The van der Waals surface area contributed by atoms with Crippen molar-refractivity contribution < 1.29 is 4.79 Å². The third kappa shape index (κ3) is 4.03. The molecular weight excluding hydrogens is 210 g/mol. The van der Waals surface area contributed by atoms with Crippen LogP contribution in [-0.4, -0.2) is 10.5 Å². The lowest BCUT2D eigenvalue weighted by Crippen LogP contribution is -2.09. The van der Waals surface area contributed by atoms with Gasteiger partial charge in [0, 0.05) is 12.6 Å². The van der Waals surface area contributed by atoms with Gasteiger partial charge in [-0.2, -0.15) is 0 Å². The van der Waals surface area contributed by atoms with E-state index in [4.69, 9.17) is 0 Å². The SMILES string of the molecule is O=C(CCCCC1CCCCC1)n1[c]ccc1. The molecule has 2 rings (SSSR count). The second-order valence-electron chi connectivity index (χ2n) is 5.15. The average molecular weight is 232 g/mol. The first-order valence-corrected chi connectivity index (χ1v) is 6.94. The van der Waals surface area contributed by atoms with E-state index in [1.165, 1.54) is 44.9 Å². The van der Waals surface area contributed by atoms with Crippen molar-refractivity contribution in [2.45, 2.75) is 57.8 Å². The van der Waals surface area contributed by atoms with Gasteiger partial charge in [0.2, 0.25) is 5.91 Å². The molecule has 1 fully saturated rings. The van der Waals surface area contributed by atoms with Crippen LogP contribution in [0.1, 0.15) is 62.6 Å². The molecule has 0 aromatic carbocycles. The fraction of sp³-hybridized carbons (Fsp3) is 0.667. The maximum atomic E-state index is 11.7. The van der Waals surface area contributed by atoms with Crippen LogP contribution in [0, 0.1) is 12.1 Å². The highest BCUT2D eigenvalue weighted by Crippen LogP contribution is 2.27. The fourth-order valence-corrected chi connectivity index (χ4v) is 2.76. The smallest absolute Gasteiger partial charge is 0.231 e. The van der Waals surface area contributed by atoms with Gasteiger partial charge in [-0.1, -0.05) is 44.9 Å². The third-order valence-corrected chi connectivity index (χ3v) is 3.79. The average Bonchev–Trinajstić information content (AvgIpc) is 2.89. The van der Waals surface area contributed by atoms with Crippen LogP contribution >= 0.6 is 0 Å². The standard InChI is InChI=1S/C15H22NO/c17-15(16-12-6-7-13-16)11-5-4-10-14-8-2-1-3-9-14/h6-7,12,14H,1-5,8-11H2. The first kappa shape index (κ1) is 12.4. The normalized spacial score (nSPS) is 17.2. The molecule has 0 atom stereocenters. The third-order valence-electron chi connectivity index (χ3n) is 3.79. The molecule has 2 nitrogen and oxygen atoms in total. The molecule has 0 spiro atoms. The van der Waals surface area contributed by atoms with E-state index in [1.807, 2.05) is 6.07 Å². The Balaban J connectivity index is 1.58. The molecule has 1 aromatic heterocycles. The Morgan fingerprint density at radius 3 is 2.76 bits per heavy atom. The molecule has 1 radical (unpaired) electrons. The minimum absolute atomic E-state index is 0.179. The van der Waals surface area contributed by atoms with Gasteiger partial charge in [0.15, 0.2) is 0 Å². The Morgan fingerprint density at radius 1 is 1.24 bits per heavy atom. The number of nitrogens with zero attached hydrogens (tertiary/aromatic N) is 1. The van der Waals surface area contributed by atoms with E-state index in [0.717, 1.165) is 12.3 Å². The molecule has 17 heavy (non-hydrogen) atoms. The van der Waals surface area contributed by atoms with Crippen LogP contribution in [0.3, 0.4) is 0 Å². The van der Waals surface area contributed by atoms with Crippen molar-refractivity contribution in [3.05, 3.63) is 24.5 Å². The van der Waals surface area contributed by atoms with Crippen LogP contribution in [0.25, 0.3) is 0 Å². The summed E-state index contributed by atoms with van der Waals surface area (Å²) in [6.45, 7) is 0. The largest absolute Gasteiger partial charge is 0.286 e. The van der Waals surface area contributed by atoms with Gasteiger partial charge in [-0.05, 0) is 24.5 Å². The molecule has 1 aliphatic carbocycles. The van der Waals surface area contributed by atoms with Crippen LogP contribution in [0.2, 0.25) is 0 Å². The van der Waals surface area contributed by atoms with E-state index in [1.54, 1.807) is 16.8 Å². The zero-order valence-electron chi connectivity index (χ0n) is 10.5. The quantitative estimate of drug-likeness (QED) is 0.701. The number of hydrogen-bond donors (Lipinski definition) is 0. The summed E-state index contributed by atoms with van der Waals surface area (Å²) in [4.78, 5) is 11.7. The van der Waals surface area contributed by atoms with Crippen molar-refractivity contribution in [3.63, 3.8) is 0 Å². The molecule has 2 heteroatoms. The van der Waals surface area contributed by atoms with Crippen molar-refractivity contribution in [1.82, 2.24) is 4.57 Å².